The van der Waals surface area contributed by atoms with Gasteiger partial charge >= 0.3 is 12.1 Å². The first-order chi connectivity index (χ1) is 11.2. The van der Waals surface area contributed by atoms with Crippen molar-refractivity contribution in [2.75, 3.05) is 13.1 Å². The highest BCUT2D eigenvalue weighted by Crippen LogP contribution is 2.38. The van der Waals surface area contributed by atoms with Crippen LogP contribution in [0.5, 0.6) is 0 Å². The van der Waals surface area contributed by atoms with Crippen molar-refractivity contribution in [3.05, 3.63) is 35.9 Å². The summed E-state index contributed by atoms with van der Waals surface area (Å²) >= 11 is 0. The number of hydrogen-bond donors (Lipinski definition) is 1. The minimum Gasteiger partial charge on any atom is -0.481 e. The molecule has 24 heavy (non-hydrogen) atoms. The molecule has 0 unspecified atom stereocenters. The summed E-state index contributed by atoms with van der Waals surface area (Å²) < 4.78 is 5.42. The second-order valence-electron chi connectivity index (χ2n) is 7.70. The Balaban J connectivity index is 2.04. The third kappa shape index (κ3) is 5.25. The zero-order valence-corrected chi connectivity index (χ0v) is 14.7. The number of piperidine rings is 1. The molecular formula is C19H27NO4. The van der Waals surface area contributed by atoms with Gasteiger partial charge in [0.25, 0.3) is 0 Å². The Morgan fingerprint density at radius 1 is 1.17 bits per heavy atom. The van der Waals surface area contributed by atoms with Crippen molar-refractivity contribution in [1.82, 2.24) is 4.90 Å². The standard InChI is InChI=1S/C19H27NO4/c1-18(2,3)24-17(23)20-11-9-19(10-12-20,14-16(21)22)13-15-7-5-4-6-8-15/h4-8H,9-14H2,1-3H3,(H,21,22). The van der Waals surface area contributed by atoms with Crippen LogP contribution in [0.25, 0.3) is 0 Å². The van der Waals surface area contributed by atoms with Gasteiger partial charge < -0.3 is 14.7 Å². The fourth-order valence-corrected chi connectivity index (χ4v) is 3.26. The number of aliphatic carboxylic acids is 1. The normalized spacial score (nSPS) is 17.4. The van der Waals surface area contributed by atoms with Crippen LogP contribution in [0.2, 0.25) is 0 Å². The highest BCUT2D eigenvalue weighted by molar-refractivity contribution is 5.69. The first-order valence-electron chi connectivity index (χ1n) is 8.43. The number of amides is 1. The third-order valence-corrected chi connectivity index (χ3v) is 4.42. The van der Waals surface area contributed by atoms with E-state index in [0.717, 1.165) is 12.0 Å². The quantitative estimate of drug-likeness (QED) is 0.912. The summed E-state index contributed by atoms with van der Waals surface area (Å²) in [7, 11) is 0. The Morgan fingerprint density at radius 3 is 2.25 bits per heavy atom. The molecule has 1 aliphatic heterocycles. The number of benzene rings is 1. The Morgan fingerprint density at radius 2 is 1.75 bits per heavy atom. The molecule has 1 aromatic rings. The molecule has 1 saturated heterocycles. The Hall–Kier alpha value is -2.04. The molecule has 0 atom stereocenters. The molecule has 0 aromatic heterocycles. The minimum atomic E-state index is -0.781. The molecule has 1 heterocycles. The topological polar surface area (TPSA) is 66.8 Å². The number of ether oxygens (including phenoxy) is 1. The number of nitrogens with zero attached hydrogens (tertiary/aromatic N) is 1. The van der Waals surface area contributed by atoms with Crippen molar-refractivity contribution < 1.29 is 19.4 Å². The molecule has 1 fully saturated rings. The van der Waals surface area contributed by atoms with E-state index in [0.29, 0.717) is 25.9 Å². The largest absolute Gasteiger partial charge is 0.481 e. The van der Waals surface area contributed by atoms with Crippen LogP contribution < -0.4 is 0 Å². The lowest BCUT2D eigenvalue weighted by Crippen LogP contribution is -2.46. The highest BCUT2D eigenvalue weighted by Gasteiger charge is 2.38. The SMILES string of the molecule is CC(C)(C)OC(=O)N1CCC(CC(=O)O)(Cc2ccccc2)CC1. The van der Waals surface area contributed by atoms with Crippen molar-refractivity contribution in [2.45, 2.75) is 52.1 Å². The van der Waals surface area contributed by atoms with Gasteiger partial charge in [-0.25, -0.2) is 4.79 Å². The summed E-state index contributed by atoms with van der Waals surface area (Å²) in [6.07, 6.45) is 1.89. The van der Waals surface area contributed by atoms with Crippen molar-refractivity contribution >= 4 is 12.1 Å². The number of hydrogen-bond acceptors (Lipinski definition) is 3. The summed E-state index contributed by atoms with van der Waals surface area (Å²) in [5.41, 5.74) is 0.326. The van der Waals surface area contributed by atoms with Gasteiger partial charge in [0, 0.05) is 13.1 Å². The minimum absolute atomic E-state index is 0.129. The van der Waals surface area contributed by atoms with Gasteiger partial charge in [0.15, 0.2) is 0 Å². The highest BCUT2D eigenvalue weighted by atomic mass is 16.6. The van der Waals surface area contributed by atoms with E-state index >= 15 is 0 Å². The molecule has 0 spiro atoms. The molecular weight excluding hydrogens is 306 g/mol. The van der Waals surface area contributed by atoms with Crippen LogP contribution in [0.4, 0.5) is 4.79 Å². The number of rotatable bonds is 4. The van der Waals surface area contributed by atoms with E-state index in [1.807, 2.05) is 51.1 Å². The molecule has 0 radical (unpaired) electrons. The molecule has 1 aliphatic rings. The number of likely N-dealkylation sites (tertiary alicyclic amines) is 1. The van der Waals surface area contributed by atoms with E-state index in [4.69, 9.17) is 4.74 Å². The van der Waals surface area contributed by atoms with Crippen LogP contribution in [0.3, 0.4) is 0 Å². The maximum atomic E-state index is 12.2. The second kappa shape index (κ2) is 7.24. The van der Waals surface area contributed by atoms with Crippen LogP contribution in [0.1, 0.15) is 45.6 Å². The first kappa shape index (κ1) is 18.3. The van der Waals surface area contributed by atoms with Crippen molar-refractivity contribution in [3.63, 3.8) is 0 Å². The Labute approximate surface area is 143 Å². The zero-order valence-electron chi connectivity index (χ0n) is 14.7. The van der Waals surface area contributed by atoms with Gasteiger partial charge in [0.2, 0.25) is 0 Å². The Bertz CT molecular complexity index is 569. The molecule has 0 saturated carbocycles. The summed E-state index contributed by atoms with van der Waals surface area (Å²) in [5.74, 6) is -0.781. The van der Waals surface area contributed by atoms with E-state index in [-0.39, 0.29) is 17.9 Å². The lowest BCUT2D eigenvalue weighted by atomic mass is 9.71. The Kier molecular flexibility index (Phi) is 5.52. The lowest BCUT2D eigenvalue weighted by molar-refractivity contribution is -0.140. The average Bonchev–Trinajstić information content (AvgIpc) is 2.46. The smallest absolute Gasteiger partial charge is 0.410 e. The molecule has 0 aliphatic carbocycles. The predicted octanol–water partition coefficient (Wildman–Crippen LogP) is 3.72. The van der Waals surface area contributed by atoms with E-state index < -0.39 is 11.6 Å². The van der Waals surface area contributed by atoms with Crippen LogP contribution in [0.15, 0.2) is 30.3 Å². The van der Waals surface area contributed by atoms with E-state index in [9.17, 15) is 14.7 Å². The molecule has 5 heteroatoms. The molecule has 132 valence electrons. The van der Waals surface area contributed by atoms with E-state index in [2.05, 4.69) is 0 Å². The van der Waals surface area contributed by atoms with Gasteiger partial charge in [0.1, 0.15) is 5.60 Å². The maximum absolute atomic E-state index is 12.2. The van der Waals surface area contributed by atoms with Crippen molar-refractivity contribution in [3.8, 4) is 0 Å². The molecule has 2 rings (SSSR count). The van der Waals surface area contributed by atoms with Crippen LogP contribution in [0, 0.1) is 5.41 Å². The number of carbonyl (C=O) groups is 2. The van der Waals surface area contributed by atoms with Crippen molar-refractivity contribution in [2.24, 2.45) is 5.41 Å². The second-order valence-corrected chi connectivity index (χ2v) is 7.70. The van der Waals surface area contributed by atoms with Crippen LogP contribution >= 0.6 is 0 Å². The monoisotopic (exact) mass is 333 g/mol. The van der Waals surface area contributed by atoms with Crippen molar-refractivity contribution in [1.29, 1.82) is 0 Å². The first-order valence-corrected chi connectivity index (χ1v) is 8.43. The maximum Gasteiger partial charge on any atom is 0.410 e. The fraction of sp³-hybridized carbons (Fsp3) is 0.579. The number of carboxylic acids is 1. The molecule has 1 aromatic carbocycles. The van der Waals surface area contributed by atoms with E-state index in [1.54, 1.807) is 4.90 Å². The molecule has 0 bridgehead atoms. The molecule has 5 nitrogen and oxygen atoms in total. The van der Waals surface area contributed by atoms with Gasteiger partial charge in [-0.15, -0.1) is 0 Å². The summed E-state index contributed by atoms with van der Waals surface area (Å²) in [6, 6.07) is 9.96. The fourth-order valence-electron chi connectivity index (χ4n) is 3.26. The van der Waals surface area contributed by atoms with Gasteiger partial charge in [-0.2, -0.15) is 0 Å². The third-order valence-electron chi connectivity index (χ3n) is 4.42. The summed E-state index contributed by atoms with van der Waals surface area (Å²) in [6.45, 7) is 6.61. The van der Waals surface area contributed by atoms with Gasteiger partial charge in [-0.1, -0.05) is 30.3 Å². The molecule has 1 amide bonds. The molecule has 1 N–H and O–H groups in total. The lowest BCUT2D eigenvalue weighted by Gasteiger charge is -2.41. The number of carbonyl (C=O) groups excluding carboxylic acids is 1. The van der Waals surface area contributed by atoms with Gasteiger partial charge in [0.05, 0.1) is 6.42 Å². The zero-order chi connectivity index (χ0) is 17.8. The van der Waals surface area contributed by atoms with Crippen LogP contribution in [-0.4, -0.2) is 40.8 Å². The average molecular weight is 333 g/mol. The van der Waals surface area contributed by atoms with Gasteiger partial charge in [-0.05, 0) is 51.0 Å². The predicted molar refractivity (Wildman–Crippen MR) is 91.9 cm³/mol. The van der Waals surface area contributed by atoms with Crippen LogP contribution in [-0.2, 0) is 16.0 Å². The number of carboxylic acid groups (broad SMARTS) is 1. The van der Waals surface area contributed by atoms with E-state index in [1.165, 1.54) is 0 Å². The summed E-state index contributed by atoms with van der Waals surface area (Å²) in [4.78, 5) is 25.2. The van der Waals surface area contributed by atoms with Gasteiger partial charge in [-0.3, -0.25) is 4.79 Å². The summed E-state index contributed by atoms with van der Waals surface area (Å²) in [5, 5.41) is 9.33.